The van der Waals surface area contributed by atoms with Crippen LogP contribution in [0.4, 0.5) is 0 Å². The van der Waals surface area contributed by atoms with Crippen LogP contribution in [0, 0.1) is 22.7 Å². The van der Waals surface area contributed by atoms with Crippen LogP contribution < -0.4 is 14.8 Å². The maximum atomic E-state index is 13.7. The smallest absolute Gasteiger partial charge is 0.274 e. The Labute approximate surface area is 208 Å². The monoisotopic (exact) mass is 495 g/mol. The molecule has 0 saturated heterocycles. The number of aromatic hydroxyl groups is 1. The summed E-state index contributed by atoms with van der Waals surface area (Å²) in [6, 6.07) is 14.4. The van der Waals surface area contributed by atoms with Crippen LogP contribution in [0.3, 0.4) is 0 Å². The molecular weight excluding hydrogens is 478 g/mol. The zero-order valence-corrected chi connectivity index (χ0v) is 19.7. The Hall–Kier alpha value is -4.93. The fourth-order valence-corrected chi connectivity index (χ4v) is 5.18. The molecule has 1 N–H and O–H groups in total. The van der Waals surface area contributed by atoms with Crippen molar-refractivity contribution < 1.29 is 14.3 Å². The summed E-state index contributed by atoms with van der Waals surface area (Å²) in [4.78, 5) is 22.2. The van der Waals surface area contributed by atoms with Crippen LogP contribution in [0.15, 0.2) is 68.6 Å². The normalized spacial score (nSPS) is 15.8. The highest BCUT2D eigenvalue weighted by molar-refractivity contribution is 7.07. The molecule has 9 nitrogen and oxygen atoms in total. The second-order valence-corrected chi connectivity index (χ2v) is 8.67. The van der Waals surface area contributed by atoms with Crippen molar-refractivity contribution in [2.24, 2.45) is 4.99 Å². The first kappa shape index (κ1) is 22.8. The largest absolute Gasteiger partial charge is 0.506 e. The number of aliphatic imine (C=N–C) groups is 1. The summed E-state index contributed by atoms with van der Waals surface area (Å²) in [7, 11) is 0. The number of hydrogen-bond acceptors (Lipinski definition) is 9. The third-order valence-electron chi connectivity index (χ3n) is 5.64. The number of nitriles is 2. The minimum absolute atomic E-state index is 0.0282. The number of fused-ring (bicyclic) bond motifs is 2. The Morgan fingerprint density at radius 3 is 2.81 bits per heavy atom. The van der Waals surface area contributed by atoms with Gasteiger partial charge in [-0.2, -0.15) is 10.5 Å². The molecule has 36 heavy (non-hydrogen) atoms. The highest BCUT2D eigenvalue weighted by Crippen LogP contribution is 2.37. The number of furan rings is 1. The summed E-state index contributed by atoms with van der Waals surface area (Å²) >= 11 is 1.11. The number of phenolic OH excluding ortho intramolecular Hbond substituents is 1. The quantitative estimate of drug-likeness (QED) is 0.332. The number of ether oxygens (including phenoxy) is 1. The fraction of sp³-hybridized carbons (Fsp3) is 0.115. The Bertz CT molecular complexity index is 1810. The average molecular weight is 496 g/mol. The SMILES string of the molecule is CCO/C=N/C1=C(C#N)C(c2ccco2)C(C#N)=c2s/c(=C/c3ccc(O)c4ncccc34)c(=O)n21. The minimum Gasteiger partial charge on any atom is -0.506 e. The van der Waals surface area contributed by atoms with Gasteiger partial charge in [0.25, 0.3) is 5.56 Å². The first-order valence-electron chi connectivity index (χ1n) is 10.9. The molecule has 3 aromatic heterocycles. The third kappa shape index (κ3) is 3.66. The molecule has 0 bridgehead atoms. The van der Waals surface area contributed by atoms with Gasteiger partial charge in [0, 0.05) is 11.6 Å². The maximum absolute atomic E-state index is 13.7. The molecule has 1 aromatic carbocycles. The van der Waals surface area contributed by atoms with E-state index in [9.17, 15) is 20.4 Å². The number of allylic oxidation sites excluding steroid dienone is 1. The summed E-state index contributed by atoms with van der Waals surface area (Å²) in [5, 5.41) is 31.0. The van der Waals surface area contributed by atoms with Gasteiger partial charge in [0.2, 0.25) is 0 Å². The van der Waals surface area contributed by atoms with Gasteiger partial charge in [0.05, 0.1) is 46.6 Å². The van der Waals surface area contributed by atoms with Crippen LogP contribution in [0.2, 0.25) is 0 Å². The van der Waals surface area contributed by atoms with Crippen molar-refractivity contribution in [1.29, 1.82) is 10.5 Å². The molecule has 0 radical (unpaired) electrons. The van der Waals surface area contributed by atoms with E-state index in [1.165, 1.54) is 23.3 Å². The maximum Gasteiger partial charge on any atom is 0.274 e. The van der Waals surface area contributed by atoms with Crippen LogP contribution >= 0.6 is 11.3 Å². The Kier molecular flexibility index (Phi) is 5.95. The van der Waals surface area contributed by atoms with Crippen LogP contribution in [0.25, 0.3) is 28.4 Å². The van der Waals surface area contributed by atoms with Crippen molar-refractivity contribution in [2.75, 3.05) is 6.61 Å². The van der Waals surface area contributed by atoms with E-state index >= 15 is 0 Å². The van der Waals surface area contributed by atoms with E-state index in [4.69, 9.17) is 9.15 Å². The number of nitrogens with zero attached hydrogens (tertiary/aromatic N) is 5. The zero-order valence-electron chi connectivity index (χ0n) is 18.9. The highest BCUT2D eigenvalue weighted by Gasteiger charge is 2.34. The minimum atomic E-state index is -0.826. The van der Waals surface area contributed by atoms with Gasteiger partial charge in [0.1, 0.15) is 21.7 Å². The predicted molar refractivity (Wildman–Crippen MR) is 134 cm³/mol. The van der Waals surface area contributed by atoms with Crippen molar-refractivity contribution in [1.82, 2.24) is 9.55 Å². The van der Waals surface area contributed by atoms with Gasteiger partial charge < -0.3 is 14.3 Å². The molecule has 0 aliphatic carbocycles. The highest BCUT2D eigenvalue weighted by atomic mass is 32.1. The molecule has 1 aliphatic heterocycles. The predicted octanol–water partition coefficient (Wildman–Crippen LogP) is 2.81. The van der Waals surface area contributed by atoms with Gasteiger partial charge in [0.15, 0.2) is 12.2 Å². The Morgan fingerprint density at radius 1 is 1.25 bits per heavy atom. The van der Waals surface area contributed by atoms with Crippen molar-refractivity contribution in [2.45, 2.75) is 12.8 Å². The lowest BCUT2D eigenvalue weighted by Crippen LogP contribution is -2.35. The van der Waals surface area contributed by atoms with Crippen molar-refractivity contribution in [3.8, 4) is 17.9 Å². The van der Waals surface area contributed by atoms with Gasteiger partial charge in [-0.1, -0.05) is 12.1 Å². The van der Waals surface area contributed by atoms with Gasteiger partial charge in [-0.15, -0.1) is 11.3 Å². The van der Waals surface area contributed by atoms with E-state index in [-0.39, 0.29) is 22.7 Å². The molecule has 1 aliphatic rings. The molecule has 176 valence electrons. The average Bonchev–Trinajstić information content (AvgIpc) is 3.54. The molecule has 0 amide bonds. The number of thiazole rings is 1. The molecule has 4 heterocycles. The molecule has 5 rings (SSSR count). The van der Waals surface area contributed by atoms with Crippen molar-refractivity contribution in [3.05, 3.63) is 85.3 Å². The topological polar surface area (TPSA) is 137 Å². The van der Waals surface area contributed by atoms with Crippen LogP contribution in [-0.4, -0.2) is 27.7 Å². The molecule has 0 saturated carbocycles. The van der Waals surface area contributed by atoms with Gasteiger partial charge >= 0.3 is 0 Å². The summed E-state index contributed by atoms with van der Waals surface area (Å²) < 4.78 is 12.7. The lowest BCUT2D eigenvalue weighted by Gasteiger charge is -2.20. The molecule has 1 atom stereocenters. The summed E-state index contributed by atoms with van der Waals surface area (Å²) in [5.74, 6) is -0.339. The van der Waals surface area contributed by atoms with Crippen LogP contribution in [-0.2, 0) is 4.74 Å². The van der Waals surface area contributed by atoms with Gasteiger partial charge in [-0.05, 0) is 42.8 Å². The zero-order chi connectivity index (χ0) is 25.2. The molecule has 0 fully saturated rings. The van der Waals surface area contributed by atoms with Crippen molar-refractivity contribution >= 4 is 46.1 Å². The summed E-state index contributed by atoms with van der Waals surface area (Å²) in [6.07, 6.45) is 5.89. The fourth-order valence-electron chi connectivity index (χ4n) is 4.08. The Balaban J connectivity index is 1.86. The molecule has 10 heteroatoms. The van der Waals surface area contributed by atoms with Gasteiger partial charge in [-0.25, -0.2) is 9.56 Å². The van der Waals surface area contributed by atoms with Gasteiger partial charge in [-0.3, -0.25) is 9.78 Å². The first-order valence-corrected chi connectivity index (χ1v) is 11.7. The first-order chi connectivity index (χ1) is 17.6. The number of benzene rings is 1. The second kappa shape index (κ2) is 9.37. The Morgan fingerprint density at radius 2 is 2.08 bits per heavy atom. The molecule has 4 aromatic rings. The number of aromatic nitrogens is 2. The summed E-state index contributed by atoms with van der Waals surface area (Å²) in [5.41, 5.74) is 0.925. The van der Waals surface area contributed by atoms with E-state index < -0.39 is 11.5 Å². The number of phenols is 1. The van der Waals surface area contributed by atoms with Crippen LogP contribution in [0.1, 0.15) is 24.2 Å². The van der Waals surface area contributed by atoms with Crippen LogP contribution in [0.5, 0.6) is 5.75 Å². The lowest BCUT2D eigenvalue weighted by atomic mass is 9.88. The molecule has 0 spiro atoms. The third-order valence-corrected chi connectivity index (χ3v) is 6.75. The standard InChI is InChI=1S/C26H17N5O4S/c1-2-34-14-30-24-17(12-27)22(20-6-4-10-35-20)18(13-28)26-31(24)25(33)21(36-26)11-15-7-8-19(32)23-16(15)5-3-9-29-23/h3-11,14,22,32H,2H2,1H3/b21-11+,30-14+. The number of hydrogen-bond donors (Lipinski definition) is 1. The number of pyridine rings is 1. The van der Waals surface area contributed by atoms with Crippen molar-refractivity contribution in [3.63, 3.8) is 0 Å². The van der Waals surface area contributed by atoms with E-state index in [0.29, 0.717) is 38.0 Å². The number of rotatable bonds is 5. The van der Waals surface area contributed by atoms with E-state index in [1.807, 2.05) is 0 Å². The lowest BCUT2D eigenvalue weighted by molar-refractivity contribution is 0.343. The van der Waals surface area contributed by atoms with E-state index in [1.54, 1.807) is 49.5 Å². The van der Waals surface area contributed by atoms with E-state index in [2.05, 4.69) is 22.1 Å². The molecular formula is C26H17N5O4S. The van der Waals surface area contributed by atoms with E-state index in [0.717, 1.165) is 11.3 Å². The second-order valence-electron chi connectivity index (χ2n) is 7.64. The molecule has 1 unspecified atom stereocenters. The summed E-state index contributed by atoms with van der Waals surface area (Å²) in [6.45, 7) is 2.13.